The van der Waals surface area contributed by atoms with Crippen LogP contribution in [0, 0.1) is 5.92 Å². The van der Waals surface area contributed by atoms with Crippen LogP contribution in [0.2, 0.25) is 0 Å². The molecular weight excluding hydrogens is 272 g/mol. The predicted molar refractivity (Wildman–Crippen MR) is 76.6 cm³/mol. The summed E-state index contributed by atoms with van der Waals surface area (Å²) in [4.78, 5) is 26.4. The van der Waals surface area contributed by atoms with Crippen molar-refractivity contribution in [3.05, 3.63) is 18.0 Å². The number of aliphatic carboxylic acids is 1. The first-order valence-electron chi connectivity index (χ1n) is 7.25. The van der Waals surface area contributed by atoms with Gasteiger partial charge in [-0.05, 0) is 25.2 Å². The van der Waals surface area contributed by atoms with Gasteiger partial charge >= 0.3 is 12.0 Å². The van der Waals surface area contributed by atoms with E-state index < -0.39 is 5.97 Å². The van der Waals surface area contributed by atoms with Crippen molar-refractivity contribution in [3.8, 4) is 0 Å². The highest BCUT2D eigenvalue weighted by Crippen LogP contribution is 2.22. The fourth-order valence-corrected chi connectivity index (χ4v) is 2.69. The van der Waals surface area contributed by atoms with Crippen LogP contribution in [0.25, 0.3) is 0 Å². The third-order valence-corrected chi connectivity index (χ3v) is 3.95. The van der Waals surface area contributed by atoms with Crippen LogP contribution in [0.15, 0.2) is 12.4 Å². The van der Waals surface area contributed by atoms with Crippen molar-refractivity contribution in [3.63, 3.8) is 0 Å². The summed E-state index contributed by atoms with van der Waals surface area (Å²) in [5.41, 5.74) is 0.974. The van der Waals surface area contributed by atoms with E-state index in [1.807, 2.05) is 4.90 Å². The Balaban J connectivity index is 1.76. The van der Waals surface area contributed by atoms with Crippen LogP contribution in [-0.2, 0) is 11.3 Å². The number of amides is 2. The van der Waals surface area contributed by atoms with Gasteiger partial charge in [-0.3, -0.25) is 9.89 Å². The average molecular weight is 294 g/mol. The molecule has 0 radical (unpaired) electrons. The molecule has 2 rings (SSSR count). The predicted octanol–water partition coefficient (Wildman–Crippen LogP) is 1.54. The highest BCUT2D eigenvalue weighted by Gasteiger charge is 2.25. The number of carbonyl (C=O) groups excluding carboxylic acids is 1. The van der Waals surface area contributed by atoms with E-state index in [0.717, 1.165) is 18.4 Å². The number of rotatable bonds is 5. The van der Waals surface area contributed by atoms with Gasteiger partial charge in [-0.2, -0.15) is 5.10 Å². The van der Waals surface area contributed by atoms with Gasteiger partial charge in [-0.25, -0.2) is 4.79 Å². The Labute approximate surface area is 123 Å². The summed E-state index contributed by atoms with van der Waals surface area (Å²) in [6.07, 6.45) is 6.20. The molecule has 2 amide bonds. The molecule has 0 unspecified atom stereocenters. The van der Waals surface area contributed by atoms with Crippen LogP contribution < -0.4 is 0 Å². The van der Waals surface area contributed by atoms with Gasteiger partial charge in [-0.15, -0.1) is 0 Å². The van der Waals surface area contributed by atoms with E-state index in [2.05, 4.69) is 10.2 Å². The molecule has 2 heterocycles. The topological polar surface area (TPSA) is 89.5 Å². The van der Waals surface area contributed by atoms with Gasteiger partial charge in [0.05, 0.1) is 12.7 Å². The van der Waals surface area contributed by atoms with Crippen molar-refractivity contribution >= 4 is 12.0 Å². The van der Waals surface area contributed by atoms with E-state index in [1.165, 1.54) is 0 Å². The Morgan fingerprint density at radius 2 is 2.19 bits per heavy atom. The molecule has 1 aliphatic heterocycles. The van der Waals surface area contributed by atoms with Gasteiger partial charge < -0.3 is 14.9 Å². The number of urea groups is 1. The molecule has 7 nitrogen and oxygen atoms in total. The standard InChI is InChI=1S/C14H22N4O3/c1-17(10-12-8-15-16-9-12)14(21)18-6-4-11(5-7-18)2-3-13(19)20/h8-9,11H,2-7,10H2,1H3,(H,15,16)(H,19,20). The molecule has 1 fully saturated rings. The zero-order chi connectivity index (χ0) is 15.2. The first kappa shape index (κ1) is 15.3. The molecule has 1 saturated heterocycles. The lowest BCUT2D eigenvalue weighted by Gasteiger charge is -2.34. The van der Waals surface area contributed by atoms with Crippen molar-refractivity contribution in [2.24, 2.45) is 5.92 Å². The zero-order valence-corrected chi connectivity index (χ0v) is 12.3. The lowest BCUT2D eigenvalue weighted by molar-refractivity contribution is -0.137. The second-order valence-electron chi connectivity index (χ2n) is 5.61. The maximum atomic E-state index is 12.3. The molecule has 116 valence electrons. The van der Waals surface area contributed by atoms with Gasteiger partial charge in [0.15, 0.2) is 0 Å². The van der Waals surface area contributed by atoms with E-state index in [0.29, 0.717) is 32.0 Å². The Morgan fingerprint density at radius 1 is 1.48 bits per heavy atom. The Kier molecular flexibility index (Phi) is 5.19. The molecule has 0 atom stereocenters. The lowest BCUT2D eigenvalue weighted by Crippen LogP contribution is -2.45. The molecule has 1 aromatic heterocycles. The largest absolute Gasteiger partial charge is 0.481 e. The number of carboxylic acid groups (broad SMARTS) is 1. The van der Waals surface area contributed by atoms with Crippen molar-refractivity contribution in [2.75, 3.05) is 20.1 Å². The monoisotopic (exact) mass is 294 g/mol. The molecule has 1 aliphatic rings. The maximum absolute atomic E-state index is 12.3. The SMILES string of the molecule is CN(Cc1cn[nH]c1)C(=O)N1CCC(CCC(=O)O)CC1. The number of likely N-dealkylation sites (tertiary alicyclic amines) is 1. The molecule has 7 heteroatoms. The highest BCUT2D eigenvalue weighted by molar-refractivity contribution is 5.74. The molecule has 0 bridgehead atoms. The minimum absolute atomic E-state index is 0.0212. The second kappa shape index (κ2) is 7.10. The van der Waals surface area contributed by atoms with Gasteiger partial charge in [0.25, 0.3) is 0 Å². The van der Waals surface area contributed by atoms with E-state index in [4.69, 9.17) is 5.11 Å². The van der Waals surface area contributed by atoms with E-state index in [1.54, 1.807) is 24.3 Å². The van der Waals surface area contributed by atoms with E-state index >= 15 is 0 Å². The first-order valence-corrected chi connectivity index (χ1v) is 7.25. The number of carbonyl (C=O) groups is 2. The van der Waals surface area contributed by atoms with Crippen molar-refractivity contribution < 1.29 is 14.7 Å². The molecule has 0 spiro atoms. The zero-order valence-electron chi connectivity index (χ0n) is 12.3. The fourth-order valence-electron chi connectivity index (χ4n) is 2.69. The molecule has 0 aromatic carbocycles. The van der Waals surface area contributed by atoms with Crippen molar-refractivity contribution in [1.29, 1.82) is 0 Å². The summed E-state index contributed by atoms with van der Waals surface area (Å²) in [5.74, 6) is -0.322. The Hall–Kier alpha value is -2.05. The van der Waals surface area contributed by atoms with Crippen LogP contribution in [0.5, 0.6) is 0 Å². The summed E-state index contributed by atoms with van der Waals surface area (Å²) in [6.45, 7) is 1.95. The minimum Gasteiger partial charge on any atom is -0.481 e. The third kappa shape index (κ3) is 4.47. The summed E-state index contributed by atoms with van der Waals surface area (Å²) in [6, 6.07) is 0.0212. The number of aromatic nitrogens is 2. The summed E-state index contributed by atoms with van der Waals surface area (Å²) in [7, 11) is 1.78. The van der Waals surface area contributed by atoms with Crippen LogP contribution in [-0.4, -0.2) is 57.2 Å². The number of nitrogens with zero attached hydrogens (tertiary/aromatic N) is 3. The van der Waals surface area contributed by atoms with Gasteiger partial charge in [-0.1, -0.05) is 0 Å². The van der Waals surface area contributed by atoms with E-state index in [9.17, 15) is 9.59 Å². The van der Waals surface area contributed by atoms with Gasteiger partial charge in [0, 0.05) is 38.3 Å². The number of H-pyrrole nitrogens is 1. The van der Waals surface area contributed by atoms with Crippen LogP contribution in [0.3, 0.4) is 0 Å². The molecule has 0 saturated carbocycles. The van der Waals surface area contributed by atoms with Gasteiger partial charge in [0.1, 0.15) is 0 Å². The first-order chi connectivity index (χ1) is 10.1. The summed E-state index contributed by atoms with van der Waals surface area (Å²) in [5, 5.41) is 15.3. The normalized spacial score (nSPS) is 16.0. The van der Waals surface area contributed by atoms with Crippen LogP contribution >= 0.6 is 0 Å². The number of hydrogen-bond donors (Lipinski definition) is 2. The second-order valence-corrected chi connectivity index (χ2v) is 5.61. The smallest absolute Gasteiger partial charge is 0.320 e. The maximum Gasteiger partial charge on any atom is 0.320 e. The Bertz CT molecular complexity index is 467. The number of piperidine rings is 1. The van der Waals surface area contributed by atoms with Crippen molar-refractivity contribution in [2.45, 2.75) is 32.2 Å². The quantitative estimate of drug-likeness (QED) is 0.862. The van der Waals surface area contributed by atoms with Gasteiger partial charge in [0.2, 0.25) is 0 Å². The van der Waals surface area contributed by atoms with E-state index in [-0.39, 0.29) is 12.5 Å². The minimum atomic E-state index is -0.742. The molecular formula is C14H22N4O3. The Morgan fingerprint density at radius 3 is 2.76 bits per heavy atom. The summed E-state index contributed by atoms with van der Waals surface area (Å²) < 4.78 is 0. The average Bonchev–Trinajstić information content (AvgIpc) is 2.97. The fraction of sp³-hybridized carbons (Fsp3) is 0.643. The van der Waals surface area contributed by atoms with Crippen LogP contribution in [0.4, 0.5) is 4.79 Å². The van der Waals surface area contributed by atoms with Crippen LogP contribution in [0.1, 0.15) is 31.2 Å². The molecule has 0 aliphatic carbocycles. The highest BCUT2D eigenvalue weighted by atomic mass is 16.4. The number of nitrogens with one attached hydrogen (secondary N) is 1. The summed E-state index contributed by atoms with van der Waals surface area (Å²) >= 11 is 0. The molecule has 1 aromatic rings. The third-order valence-electron chi connectivity index (χ3n) is 3.95. The number of carboxylic acids is 1. The number of hydrogen-bond acceptors (Lipinski definition) is 3. The number of aromatic amines is 1. The van der Waals surface area contributed by atoms with Crippen molar-refractivity contribution in [1.82, 2.24) is 20.0 Å². The molecule has 2 N–H and O–H groups in total. The molecule has 21 heavy (non-hydrogen) atoms. The lowest BCUT2D eigenvalue weighted by atomic mass is 9.92.